The summed E-state index contributed by atoms with van der Waals surface area (Å²) in [6, 6.07) is 15.0. The highest BCUT2D eigenvalue weighted by Gasteiger charge is 2.17. The van der Waals surface area contributed by atoms with Crippen LogP contribution in [0, 0.1) is 5.82 Å². The molecule has 0 saturated carbocycles. The van der Waals surface area contributed by atoms with E-state index in [1.165, 1.54) is 11.6 Å². The molecule has 2 aromatic rings. The van der Waals surface area contributed by atoms with Gasteiger partial charge in [-0.3, -0.25) is 0 Å². The van der Waals surface area contributed by atoms with Crippen LogP contribution in [0.1, 0.15) is 30.5 Å². The summed E-state index contributed by atoms with van der Waals surface area (Å²) in [5.74, 6) is -0.239. The predicted octanol–water partition coefficient (Wildman–Crippen LogP) is 4.76. The first kappa shape index (κ1) is 15.0. The molecule has 1 N–H and O–H groups in total. The molecule has 0 spiro atoms. The average molecular weight is 292 g/mol. The van der Waals surface area contributed by atoms with Gasteiger partial charge in [0.15, 0.2) is 0 Å². The molecule has 0 heterocycles. The molecular weight excluding hydrogens is 273 g/mol. The molecule has 3 heteroatoms. The Hall–Kier alpha value is -1.38. The molecule has 1 unspecified atom stereocenters. The van der Waals surface area contributed by atoms with Crippen LogP contribution in [0.25, 0.3) is 0 Å². The minimum Gasteiger partial charge on any atom is -0.310 e. The fourth-order valence-corrected chi connectivity index (χ4v) is 2.69. The maximum absolute atomic E-state index is 14.0. The Morgan fingerprint density at radius 3 is 2.50 bits per heavy atom. The summed E-state index contributed by atoms with van der Waals surface area (Å²) in [7, 11) is 0. The van der Waals surface area contributed by atoms with E-state index >= 15 is 0 Å². The van der Waals surface area contributed by atoms with Gasteiger partial charge in [0.25, 0.3) is 0 Å². The Balaban J connectivity index is 2.15. The van der Waals surface area contributed by atoms with Crippen LogP contribution in [-0.2, 0) is 6.42 Å². The highest BCUT2D eigenvalue weighted by Crippen LogP contribution is 2.28. The molecule has 20 heavy (non-hydrogen) atoms. The van der Waals surface area contributed by atoms with Crippen LogP contribution in [0.2, 0.25) is 5.02 Å². The van der Waals surface area contributed by atoms with Gasteiger partial charge in [-0.25, -0.2) is 4.39 Å². The smallest absolute Gasteiger partial charge is 0.129 e. The minimum atomic E-state index is -0.239. The van der Waals surface area contributed by atoms with Crippen LogP contribution < -0.4 is 5.32 Å². The van der Waals surface area contributed by atoms with E-state index in [0.717, 1.165) is 19.4 Å². The average Bonchev–Trinajstić information content (AvgIpc) is 2.45. The first-order valence-electron chi connectivity index (χ1n) is 6.93. The third-order valence-electron chi connectivity index (χ3n) is 3.36. The van der Waals surface area contributed by atoms with Crippen molar-refractivity contribution in [1.29, 1.82) is 0 Å². The second-order valence-electron chi connectivity index (χ2n) is 4.77. The normalized spacial score (nSPS) is 12.3. The Kier molecular flexibility index (Phi) is 5.57. The van der Waals surface area contributed by atoms with E-state index in [0.29, 0.717) is 10.6 Å². The van der Waals surface area contributed by atoms with Gasteiger partial charge in [-0.15, -0.1) is 0 Å². The van der Waals surface area contributed by atoms with Crippen molar-refractivity contribution in [1.82, 2.24) is 5.32 Å². The van der Waals surface area contributed by atoms with Gasteiger partial charge in [0, 0.05) is 16.6 Å². The molecule has 1 atom stereocenters. The molecule has 2 aromatic carbocycles. The highest BCUT2D eigenvalue weighted by atomic mass is 35.5. The van der Waals surface area contributed by atoms with Crippen LogP contribution in [0.5, 0.6) is 0 Å². The van der Waals surface area contributed by atoms with Crippen molar-refractivity contribution in [3.63, 3.8) is 0 Å². The minimum absolute atomic E-state index is 0.0612. The maximum atomic E-state index is 14.0. The van der Waals surface area contributed by atoms with Crippen molar-refractivity contribution >= 4 is 11.6 Å². The number of rotatable bonds is 6. The molecule has 0 amide bonds. The molecule has 2 rings (SSSR count). The third kappa shape index (κ3) is 3.81. The van der Waals surface area contributed by atoms with Crippen molar-refractivity contribution in [3.05, 3.63) is 70.5 Å². The summed E-state index contributed by atoms with van der Waals surface area (Å²) in [5, 5.41) is 3.82. The number of halogens is 2. The van der Waals surface area contributed by atoms with Gasteiger partial charge in [0.2, 0.25) is 0 Å². The van der Waals surface area contributed by atoms with Crippen molar-refractivity contribution in [2.45, 2.75) is 25.8 Å². The molecule has 0 aliphatic heterocycles. The van der Waals surface area contributed by atoms with E-state index in [4.69, 9.17) is 11.6 Å². The molecule has 0 saturated heterocycles. The third-order valence-corrected chi connectivity index (χ3v) is 3.69. The van der Waals surface area contributed by atoms with E-state index in [9.17, 15) is 4.39 Å². The van der Waals surface area contributed by atoms with Gasteiger partial charge in [-0.2, -0.15) is 0 Å². The predicted molar refractivity (Wildman–Crippen MR) is 82.6 cm³/mol. The molecule has 0 aromatic heterocycles. The second-order valence-corrected chi connectivity index (χ2v) is 5.18. The molecule has 0 fully saturated rings. The quantitative estimate of drug-likeness (QED) is 0.809. The topological polar surface area (TPSA) is 12.0 Å². The van der Waals surface area contributed by atoms with Gasteiger partial charge < -0.3 is 5.32 Å². The number of nitrogens with one attached hydrogen (secondary N) is 1. The van der Waals surface area contributed by atoms with Crippen LogP contribution in [0.15, 0.2) is 48.5 Å². The molecule has 0 aliphatic rings. The monoisotopic (exact) mass is 291 g/mol. The first-order valence-corrected chi connectivity index (χ1v) is 7.31. The Morgan fingerprint density at radius 2 is 1.85 bits per heavy atom. The lowest BCUT2D eigenvalue weighted by Crippen LogP contribution is -2.23. The summed E-state index contributed by atoms with van der Waals surface area (Å²) < 4.78 is 14.0. The Bertz CT molecular complexity index is 522. The number of benzene rings is 2. The van der Waals surface area contributed by atoms with E-state index < -0.39 is 0 Å². The Labute approximate surface area is 124 Å². The maximum Gasteiger partial charge on any atom is 0.129 e. The van der Waals surface area contributed by atoms with E-state index in [-0.39, 0.29) is 11.9 Å². The standard InChI is InChI=1S/C17H19ClFN/c1-2-20-16(12-11-13-7-4-3-5-8-13)17-14(18)9-6-10-15(17)19/h3-10,16,20H,2,11-12H2,1H3. The number of hydrogen-bond acceptors (Lipinski definition) is 1. The van der Waals surface area contributed by atoms with Crippen LogP contribution in [0.4, 0.5) is 4.39 Å². The zero-order valence-electron chi connectivity index (χ0n) is 11.6. The molecular formula is C17H19ClFN. The van der Waals surface area contributed by atoms with Gasteiger partial charge in [0.05, 0.1) is 0 Å². The van der Waals surface area contributed by atoms with Gasteiger partial charge in [-0.1, -0.05) is 54.9 Å². The molecule has 106 valence electrons. The summed E-state index contributed by atoms with van der Waals surface area (Å²) in [6.45, 7) is 2.80. The lowest BCUT2D eigenvalue weighted by Gasteiger charge is -2.20. The van der Waals surface area contributed by atoms with Gasteiger partial charge in [-0.05, 0) is 37.1 Å². The lowest BCUT2D eigenvalue weighted by atomic mass is 9.98. The second kappa shape index (κ2) is 7.41. The van der Waals surface area contributed by atoms with Crippen LogP contribution >= 0.6 is 11.6 Å². The zero-order chi connectivity index (χ0) is 14.4. The van der Waals surface area contributed by atoms with E-state index in [2.05, 4.69) is 17.4 Å². The van der Waals surface area contributed by atoms with Gasteiger partial charge >= 0.3 is 0 Å². The molecule has 0 aliphatic carbocycles. The summed E-state index contributed by atoms with van der Waals surface area (Å²) in [6.07, 6.45) is 1.71. The highest BCUT2D eigenvalue weighted by molar-refractivity contribution is 6.31. The largest absolute Gasteiger partial charge is 0.310 e. The van der Waals surface area contributed by atoms with Crippen molar-refractivity contribution in [2.75, 3.05) is 6.54 Å². The summed E-state index contributed by atoms with van der Waals surface area (Å²) in [5.41, 5.74) is 1.83. The van der Waals surface area contributed by atoms with Crippen LogP contribution in [0.3, 0.4) is 0 Å². The fraction of sp³-hybridized carbons (Fsp3) is 0.294. The SMILES string of the molecule is CCNC(CCc1ccccc1)c1c(F)cccc1Cl. The van der Waals surface area contributed by atoms with E-state index in [1.807, 2.05) is 25.1 Å². The number of hydrogen-bond donors (Lipinski definition) is 1. The Morgan fingerprint density at radius 1 is 1.10 bits per heavy atom. The molecule has 0 bridgehead atoms. The van der Waals surface area contributed by atoms with Crippen molar-refractivity contribution < 1.29 is 4.39 Å². The lowest BCUT2D eigenvalue weighted by molar-refractivity contribution is 0.485. The molecule has 1 nitrogen and oxygen atoms in total. The van der Waals surface area contributed by atoms with Crippen molar-refractivity contribution in [3.8, 4) is 0 Å². The summed E-state index contributed by atoms with van der Waals surface area (Å²) in [4.78, 5) is 0. The van der Waals surface area contributed by atoms with Crippen molar-refractivity contribution in [2.24, 2.45) is 0 Å². The van der Waals surface area contributed by atoms with E-state index in [1.54, 1.807) is 12.1 Å². The van der Waals surface area contributed by atoms with Crippen LogP contribution in [-0.4, -0.2) is 6.54 Å². The van der Waals surface area contributed by atoms with Gasteiger partial charge in [0.1, 0.15) is 5.82 Å². The first-order chi connectivity index (χ1) is 9.72. The zero-order valence-corrected chi connectivity index (χ0v) is 12.3. The number of aryl methyl sites for hydroxylation is 1. The summed E-state index contributed by atoms with van der Waals surface area (Å²) >= 11 is 6.16. The molecule has 0 radical (unpaired) electrons. The fourth-order valence-electron chi connectivity index (χ4n) is 2.39.